The fourth-order valence-electron chi connectivity index (χ4n) is 3.02. The summed E-state index contributed by atoms with van der Waals surface area (Å²) in [5.74, 6) is 1.52. The minimum Gasteiger partial charge on any atom is -0.496 e. The molecule has 1 N–H and O–H groups in total. The summed E-state index contributed by atoms with van der Waals surface area (Å²) >= 11 is 6.17. The molecule has 2 heterocycles. The van der Waals surface area contributed by atoms with Crippen LogP contribution in [0.2, 0.25) is 5.02 Å². The number of methoxy groups -OCH3 is 1. The molecule has 0 unspecified atom stereocenters. The average Bonchev–Trinajstić information content (AvgIpc) is 2.96. The number of carbonyl (C=O) groups is 1. The molecule has 3 aromatic rings. The SMILES string of the molecule is COc1cccc(Cl)c1C(=O)Nc1ccc2nnc(C3CCC3)n2c1. The van der Waals surface area contributed by atoms with Crippen molar-refractivity contribution in [1.29, 1.82) is 0 Å². The largest absolute Gasteiger partial charge is 0.496 e. The summed E-state index contributed by atoms with van der Waals surface area (Å²) in [5.41, 5.74) is 1.74. The van der Waals surface area contributed by atoms with Gasteiger partial charge < -0.3 is 10.1 Å². The first-order chi connectivity index (χ1) is 12.2. The summed E-state index contributed by atoms with van der Waals surface area (Å²) in [6.07, 6.45) is 5.34. The van der Waals surface area contributed by atoms with E-state index >= 15 is 0 Å². The van der Waals surface area contributed by atoms with Gasteiger partial charge in [-0.1, -0.05) is 24.1 Å². The highest BCUT2D eigenvalue weighted by molar-refractivity contribution is 6.34. The molecule has 1 amide bonds. The number of nitrogens with zero attached hydrogens (tertiary/aromatic N) is 3. The average molecular weight is 357 g/mol. The maximum atomic E-state index is 12.7. The van der Waals surface area contributed by atoms with Crippen molar-refractivity contribution in [3.05, 3.63) is 52.9 Å². The molecular weight excluding hydrogens is 340 g/mol. The molecule has 7 heteroatoms. The van der Waals surface area contributed by atoms with Crippen molar-refractivity contribution in [3.8, 4) is 5.75 Å². The van der Waals surface area contributed by atoms with Gasteiger partial charge in [-0.05, 0) is 37.1 Å². The van der Waals surface area contributed by atoms with Crippen LogP contribution in [-0.4, -0.2) is 27.6 Å². The molecule has 0 bridgehead atoms. The lowest BCUT2D eigenvalue weighted by atomic mass is 9.85. The van der Waals surface area contributed by atoms with Crippen molar-refractivity contribution in [2.24, 2.45) is 0 Å². The number of aromatic nitrogens is 3. The van der Waals surface area contributed by atoms with Crippen LogP contribution >= 0.6 is 11.6 Å². The predicted molar refractivity (Wildman–Crippen MR) is 95.5 cm³/mol. The van der Waals surface area contributed by atoms with E-state index in [-0.39, 0.29) is 5.91 Å². The van der Waals surface area contributed by atoms with Crippen LogP contribution in [0.1, 0.15) is 41.4 Å². The van der Waals surface area contributed by atoms with Crippen LogP contribution in [0.25, 0.3) is 5.65 Å². The van der Waals surface area contributed by atoms with Crippen LogP contribution in [0.4, 0.5) is 5.69 Å². The lowest BCUT2D eigenvalue weighted by molar-refractivity contribution is 0.102. The Bertz CT molecular complexity index is 949. The summed E-state index contributed by atoms with van der Waals surface area (Å²) in [6.45, 7) is 0. The highest BCUT2D eigenvalue weighted by atomic mass is 35.5. The number of ether oxygens (including phenoxy) is 1. The van der Waals surface area contributed by atoms with Crippen LogP contribution in [0.5, 0.6) is 5.75 Å². The Morgan fingerprint density at radius 2 is 2.12 bits per heavy atom. The first-order valence-corrected chi connectivity index (χ1v) is 8.53. The molecule has 1 aliphatic carbocycles. The van der Waals surface area contributed by atoms with Gasteiger partial charge in [0.25, 0.3) is 5.91 Å². The molecule has 0 saturated heterocycles. The first kappa shape index (κ1) is 15.9. The van der Waals surface area contributed by atoms with E-state index in [2.05, 4.69) is 15.5 Å². The number of carbonyl (C=O) groups excluding carboxylic acids is 1. The van der Waals surface area contributed by atoms with Crippen molar-refractivity contribution in [3.63, 3.8) is 0 Å². The summed E-state index contributed by atoms with van der Waals surface area (Å²) in [6, 6.07) is 8.76. The number of rotatable bonds is 4. The minimum absolute atomic E-state index is 0.315. The van der Waals surface area contributed by atoms with E-state index < -0.39 is 0 Å². The molecule has 0 radical (unpaired) electrons. The zero-order chi connectivity index (χ0) is 17.4. The molecule has 4 rings (SSSR count). The van der Waals surface area contributed by atoms with Gasteiger partial charge in [0.15, 0.2) is 5.65 Å². The third-order valence-corrected chi connectivity index (χ3v) is 4.89. The number of pyridine rings is 1. The zero-order valence-electron chi connectivity index (χ0n) is 13.7. The summed E-state index contributed by atoms with van der Waals surface area (Å²) in [7, 11) is 1.51. The topological polar surface area (TPSA) is 68.5 Å². The molecule has 0 aliphatic heterocycles. The summed E-state index contributed by atoms with van der Waals surface area (Å²) < 4.78 is 7.19. The second-order valence-electron chi connectivity index (χ2n) is 6.10. The fraction of sp³-hybridized carbons (Fsp3) is 0.278. The predicted octanol–water partition coefficient (Wildman–Crippen LogP) is 3.91. The lowest BCUT2D eigenvalue weighted by Crippen LogP contribution is -2.15. The number of halogens is 1. The number of hydrogen-bond donors (Lipinski definition) is 1. The highest BCUT2D eigenvalue weighted by Gasteiger charge is 2.24. The fourth-order valence-corrected chi connectivity index (χ4v) is 3.27. The van der Waals surface area contributed by atoms with Gasteiger partial charge in [-0.15, -0.1) is 10.2 Å². The van der Waals surface area contributed by atoms with Crippen molar-refractivity contribution < 1.29 is 9.53 Å². The number of nitrogens with one attached hydrogen (secondary N) is 1. The second kappa shape index (κ2) is 6.37. The molecule has 1 saturated carbocycles. The lowest BCUT2D eigenvalue weighted by Gasteiger charge is -2.23. The van der Waals surface area contributed by atoms with Crippen LogP contribution < -0.4 is 10.1 Å². The van der Waals surface area contributed by atoms with Gasteiger partial charge in [-0.25, -0.2) is 0 Å². The Labute approximate surface area is 149 Å². The third kappa shape index (κ3) is 2.82. The molecule has 0 atom stereocenters. The standard InChI is InChI=1S/C18H17ClN4O2/c1-25-14-7-3-6-13(19)16(14)18(24)20-12-8-9-15-21-22-17(23(15)10-12)11-4-2-5-11/h3,6-11H,2,4-5H2,1H3,(H,20,24). The van der Waals surface area contributed by atoms with Gasteiger partial charge in [-0.2, -0.15) is 0 Å². The highest BCUT2D eigenvalue weighted by Crippen LogP contribution is 2.35. The Hall–Kier alpha value is -2.60. The number of fused-ring (bicyclic) bond motifs is 1. The number of amides is 1. The van der Waals surface area contributed by atoms with Gasteiger partial charge in [0.05, 0.1) is 17.8 Å². The molecule has 128 valence electrons. The Morgan fingerprint density at radius 3 is 2.84 bits per heavy atom. The van der Waals surface area contributed by atoms with E-state index in [1.54, 1.807) is 24.3 Å². The third-order valence-electron chi connectivity index (χ3n) is 4.58. The van der Waals surface area contributed by atoms with E-state index in [0.717, 1.165) is 24.3 Å². The Balaban J connectivity index is 1.65. The van der Waals surface area contributed by atoms with E-state index in [0.29, 0.717) is 27.9 Å². The van der Waals surface area contributed by atoms with Gasteiger partial charge in [0.2, 0.25) is 0 Å². The number of anilines is 1. The molecule has 0 spiro atoms. The molecule has 6 nitrogen and oxygen atoms in total. The Morgan fingerprint density at radius 1 is 1.28 bits per heavy atom. The van der Waals surface area contributed by atoms with Crippen molar-refractivity contribution >= 4 is 28.8 Å². The minimum atomic E-state index is -0.319. The van der Waals surface area contributed by atoms with Crippen LogP contribution in [0.3, 0.4) is 0 Å². The smallest absolute Gasteiger partial charge is 0.260 e. The van der Waals surface area contributed by atoms with Crippen molar-refractivity contribution in [2.75, 3.05) is 12.4 Å². The first-order valence-electron chi connectivity index (χ1n) is 8.16. The normalized spacial score (nSPS) is 14.3. The molecule has 2 aromatic heterocycles. The Kier molecular flexibility index (Phi) is 4.05. The van der Waals surface area contributed by atoms with E-state index in [9.17, 15) is 4.79 Å². The molecule has 25 heavy (non-hydrogen) atoms. The monoisotopic (exact) mass is 356 g/mol. The number of benzene rings is 1. The van der Waals surface area contributed by atoms with Gasteiger partial charge >= 0.3 is 0 Å². The molecule has 1 aromatic carbocycles. The van der Waals surface area contributed by atoms with E-state index in [1.165, 1.54) is 13.5 Å². The zero-order valence-corrected chi connectivity index (χ0v) is 14.5. The van der Waals surface area contributed by atoms with Gasteiger partial charge in [0.1, 0.15) is 17.1 Å². The number of hydrogen-bond acceptors (Lipinski definition) is 4. The van der Waals surface area contributed by atoms with Gasteiger partial charge in [0, 0.05) is 12.1 Å². The van der Waals surface area contributed by atoms with E-state index in [1.807, 2.05) is 16.7 Å². The molecular formula is C18H17ClN4O2. The maximum Gasteiger partial charge on any atom is 0.260 e. The van der Waals surface area contributed by atoms with Crippen LogP contribution in [0, 0.1) is 0 Å². The van der Waals surface area contributed by atoms with Crippen LogP contribution in [0.15, 0.2) is 36.5 Å². The maximum absolute atomic E-state index is 12.7. The van der Waals surface area contributed by atoms with E-state index in [4.69, 9.17) is 16.3 Å². The second-order valence-corrected chi connectivity index (χ2v) is 6.51. The van der Waals surface area contributed by atoms with Crippen LogP contribution in [-0.2, 0) is 0 Å². The summed E-state index contributed by atoms with van der Waals surface area (Å²) in [4.78, 5) is 12.7. The van der Waals surface area contributed by atoms with Crippen molar-refractivity contribution in [1.82, 2.24) is 14.6 Å². The quantitative estimate of drug-likeness (QED) is 0.769. The van der Waals surface area contributed by atoms with Gasteiger partial charge in [-0.3, -0.25) is 9.20 Å². The molecule has 1 fully saturated rings. The summed E-state index contributed by atoms with van der Waals surface area (Å²) in [5, 5.41) is 11.7. The van der Waals surface area contributed by atoms with Crippen molar-refractivity contribution in [2.45, 2.75) is 25.2 Å². The molecule has 1 aliphatic rings.